The second-order valence-corrected chi connectivity index (χ2v) is 26.8. The quantitative estimate of drug-likeness (QED) is 0.0212. The number of carbonyl (C=O) groups is 2. The van der Waals surface area contributed by atoms with Gasteiger partial charge in [0, 0.05) is 12.8 Å². The lowest BCUT2D eigenvalue weighted by Crippen LogP contribution is -2.47. The molecule has 0 spiro atoms. The molecule has 0 saturated carbocycles. The Labute approximate surface area is 526 Å². The number of amides is 1. The number of phosphoric acid groups is 1. The maximum Gasteiger partial charge on any atom is 0.306 e. The van der Waals surface area contributed by atoms with Crippen molar-refractivity contribution < 1.29 is 37.3 Å². The van der Waals surface area contributed by atoms with Crippen LogP contribution >= 0.6 is 7.82 Å². The normalized spacial score (nSPS) is 14.0. The van der Waals surface area contributed by atoms with Gasteiger partial charge in [-0.05, 0) is 109 Å². The van der Waals surface area contributed by atoms with Gasteiger partial charge in [0.15, 0.2) is 0 Å². The Bertz CT molecular complexity index is 1730. The molecule has 85 heavy (non-hydrogen) atoms. The molecule has 3 atom stereocenters. The van der Waals surface area contributed by atoms with Crippen molar-refractivity contribution in [3.63, 3.8) is 0 Å². The fraction of sp³-hybridized carbons (Fsp3) is 0.787. The number of rotatable bonds is 65. The Balaban J connectivity index is 5.08. The van der Waals surface area contributed by atoms with Crippen molar-refractivity contribution in [1.82, 2.24) is 5.32 Å². The molecule has 0 radical (unpaired) electrons. The molecule has 0 rings (SSSR count). The predicted octanol–water partition coefficient (Wildman–Crippen LogP) is 22.3. The van der Waals surface area contributed by atoms with Crippen molar-refractivity contribution in [1.29, 1.82) is 0 Å². The van der Waals surface area contributed by atoms with Crippen LogP contribution in [0.5, 0.6) is 0 Å². The first kappa shape index (κ1) is 82.2. The van der Waals surface area contributed by atoms with Crippen LogP contribution in [-0.4, -0.2) is 69.4 Å². The number of esters is 1. The molecule has 0 aromatic rings. The second kappa shape index (κ2) is 64.2. The molecule has 0 aliphatic carbocycles. The minimum absolute atomic E-state index is 0.0272. The minimum atomic E-state index is -4.71. The summed E-state index contributed by atoms with van der Waals surface area (Å²) in [6, 6.07) is -0.900. The Morgan fingerprint density at radius 1 is 0.412 bits per heavy atom. The molecule has 0 aliphatic heterocycles. The first-order chi connectivity index (χ1) is 41.4. The molecule has 0 heterocycles. The summed E-state index contributed by atoms with van der Waals surface area (Å²) in [6.45, 7) is 6.81. The average Bonchev–Trinajstić information content (AvgIpc) is 3.50. The summed E-state index contributed by atoms with van der Waals surface area (Å²) >= 11 is 0. The topological polar surface area (TPSA) is 114 Å². The van der Waals surface area contributed by atoms with Crippen LogP contribution in [0, 0.1) is 0 Å². The Hall–Kier alpha value is -2.81. The van der Waals surface area contributed by atoms with E-state index in [0.717, 1.165) is 109 Å². The van der Waals surface area contributed by atoms with Crippen LogP contribution in [0.1, 0.15) is 329 Å². The number of likely N-dealkylation sites (N-methyl/N-ethyl adjacent to an activating group) is 1. The maximum absolute atomic E-state index is 13.6. The van der Waals surface area contributed by atoms with E-state index in [1.54, 1.807) is 0 Å². The van der Waals surface area contributed by atoms with Gasteiger partial charge in [-0.15, -0.1) is 0 Å². The van der Waals surface area contributed by atoms with E-state index in [1.807, 2.05) is 33.3 Å². The van der Waals surface area contributed by atoms with Gasteiger partial charge in [0.1, 0.15) is 19.3 Å². The third-order valence-corrected chi connectivity index (χ3v) is 16.8. The minimum Gasteiger partial charge on any atom is -0.756 e. The van der Waals surface area contributed by atoms with Gasteiger partial charge in [0.05, 0.1) is 33.8 Å². The van der Waals surface area contributed by atoms with E-state index in [1.165, 1.54) is 186 Å². The van der Waals surface area contributed by atoms with Crippen molar-refractivity contribution in [2.24, 2.45) is 0 Å². The third-order valence-electron chi connectivity index (χ3n) is 15.8. The molecule has 0 aliphatic rings. The molecule has 1 N–H and O–H groups in total. The van der Waals surface area contributed by atoms with E-state index in [9.17, 15) is 19.0 Å². The SMILES string of the molecule is CCCCC/C=C\C/C=C\C/C=C\CCCCCCCCCCCCCCCCC(=O)OC(/C=C\CCCCCCCCCCCCC)C(COP(=O)([O-])OCC[N+](C)(C)C)NC(=O)CCCCCCCC/C=C\C/C=C\C/C=C\CCCCC. The van der Waals surface area contributed by atoms with Crippen molar-refractivity contribution in [3.05, 3.63) is 85.1 Å². The van der Waals surface area contributed by atoms with Crippen LogP contribution in [-0.2, 0) is 27.9 Å². The number of carbonyl (C=O) groups excluding carboxylic acids is 2. The smallest absolute Gasteiger partial charge is 0.306 e. The molecule has 3 unspecified atom stereocenters. The van der Waals surface area contributed by atoms with Gasteiger partial charge in [-0.2, -0.15) is 0 Å². The highest BCUT2D eigenvalue weighted by Gasteiger charge is 2.27. The molecule has 0 aromatic heterocycles. The fourth-order valence-electron chi connectivity index (χ4n) is 10.2. The molecule has 10 heteroatoms. The van der Waals surface area contributed by atoms with Gasteiger partial charge in [-0.3, -0.25) is 14.2 Å². The van der Waals surface area contributed by atoms with Crippen molar-refractivity contribution in [2.75, 3.05) is 40.9 Å². The zero-order valence-electron chi connectivity index (χ0n) is 56.6. The van der Waals surface area contributed by atoms with Crippen LogP contribution in [0.15, 0.2) is 85.1 Å². The summed E-state index contributed by atoms with van der Waals surface area (Å²) in [4.78, 5) is 40.2. The number of quaternary nitrogens is 1. The van der Waals surface area contributed by atoms with E-state index in [-0.39, 0.29) is 24.9 Å². The van der Waals surface area contributed by atoms with Gasteiger partial charge >= 0.3 is 5.97 Å². The molecular weight excluding hydrogens is 1070 g/mol. The largest absolute Gasteiger partial charge is 0.756 e. The highest BCUT2D eigenvalue weighted by molar-refractivity contribution is 7.45. The summed E-state index contributed by atoms with van der Waals surface area (Å²) in [7, 11) is 1.18. The summed E-state index contributed by atoms with van der Waals surface area (Å²) in [5, 5.41) is 3.04. The summed E-state index contributed by atoms with van der Waals surface area (Å²) in [5.74, 6) is -0.549. The van der Waals surface area contributed by atoms with Crippen molar-refractivity contribution in [3.8, 4) is 0 Å². The molecular formula is C75H137N2O7P. The number of nitrogens with zero attached hydrogens (tertiary/aromatic N) is 1. The van der Waals surface area contributed by atoms with Gasteiger partial charge < -0.3 is 28.5 Å². The fourth-order valence-corrected chi connectivity index (χ4v) is 11.0. The van der Waals surface area contributed by atoms with E-state index in [2.05, 4.69) is 99.0 Å². The molecule has 1 amide bonds. The first-order valence-electron chi connectivity index (χ1n) is 35.9. The van der Waals surface area contributed by atoms with Crippen LogP contribution in [0.4, 0.5) is 0 Å². The lowest BCUT2D eigenvalue weighted by Gasteiger charge is -2.30. The van der Waals surface area contributed by atoms with Crippen LogP contribution < -0.4 is 10.2 Å². The molecule has 0 saturated heterocycles. The first-order valence-corrected chi connectivity index (χ1v) is 37.4. The van der Waals surface area contributed by atoms with Gasteiger partial charge in [-0.25, -0.2) is 0 Å². The molecule has 9 nitrogen and oxygen atoms in total. The molecule has 0 bridgehead atoms. The van der Waals surface area contributed by atoms with Crippen LogP contribution in [0.2, 0.25) is 0 Å². The van der Waals surface area contributed by atoms with Gasteiger partial charge in [-0.1, -0.05) is 292 Å². The van der Waals surface area contributed by atoms with Gasteiger partial charge in [0.2, 0.25) is 5.91 Å². The number of ether oxygens (including phenoxy) is 1. The number of allylic oxidation sites excluding steroid dienone is 13. The number of unbranched alkanes of at least 4 members (excludes halogenated alkanes) is 37. The lowest BCUT2D eigenvalue weighted by atomic mass is 10.0. The monoisotopic (exact) mass is 1210 g/mol. The zero-order chi connectivity index (χ0) is 62.1. The van der Waals surface area contributed by atoms with E-state index in [0.29, 0.717) is 17.4 Å². The summed E-state index contributed by atoms with van der Waals surface area (Å²) in [5.41, 5.74) is 0. The average molecular weight is 1210 g/mol. The molecule has 494 valence electrons. The lowest BCUT2D eigenvalue weighted by molar-refractivity contribution is -0.870. The summed E-state index contributed by atoms with van der Waals surface area (Å²) in [6.07, 6.45) is 85.6. The van der Waals surface area contributed by atoms with E-state index >= 15 is 0 Å². The number of phosphoric ester groups is 1. The summed E-state index contributed by atoms with van der Waals surface area (Å²) < 4.78 is 30.5. The maximum atomic E-state index is 13.6. The second-order valence-electron chi connectivity index (χ2n) is 25.4. The predicted molar refractivity (Wildman–Crippen MR) is 367 cm³/mol. The highest BCUT2D eigenvalue weighted by Crippen LogP contribution is 2.38. The number of nitrogens with one attached hydrogen (secondary N) is 1. The number of hydrogen-bond acceptors (Lipinski definition) is 7. The third kappa shape index (κ3) is 65.5. The standard InChI is InChI=1S/C75H137N2O7P/c1-7-10-13-16-19-22-25-28-30-32-34-35-36-37-38-39-40-41-43-45-47-50-53-56-59-62-65-68-75(79)84-73(66-63-60-57-54-51-48-27-24-21-18-15-12-9-3)72(71-83-85(80,81)82-70-69-77(4,5)6)76-74(78)67-64-61-58-55-52-49-46-44-42-33-31-29-26-23-20-17-14-11-8-2/h19-20,22-23,28-31,34-35,42,44,63,66,72-73H,7-18,21,24-27,32-33,36-41,43,45-62,64-65,67-71H2,1-6H3,(H-,76,78,80,81)/b22-19-,23-20-,30-28-,31-29-,35-34-,44-42-,66-63-. The molecule has 0 aromatic carbocycles. The van der Waals surface area contributed by atoms with Crippen LogP contribution in [0.3, 0.4) is 0 Å². The van der Waals surface area contributed by atoms with Crippen molar-refractivity contribution in [2.45, 2.75) is 341 Å². The highest BCUT2D eigenvalue weighted by atomic mass is 31.2. The van der Waals surface area contributed by atoms with Crippen molar-refractivity contribution >= 4 is 19.7 Å². The van der Waals surface area contributed by atoms with Crippen LogP contribution in [0.25, 0.3) is 0 Å². The molecule has 0 fully saturated rings. The Morgan fingerprint density at radius 2 is 0.718 bits per heavy atom. The zero-order valence-corrected chi connectivity index (χ0v) is 57.4. The Kier molecular flexibility index (Phi) is 62.1. The van der Waals surface area contributed by atoms with E-state index < -0.39 is 26.6 Å². The van der Waals surface area contributed by atoms with Gasteiger partial charge in [0.25, 0.3) is 7.82 Å². The number of hydrogen-bond donors (Lipinski definition) is 1. The van der Waals surface area contributed by atoms with E-state index in [4.69, 9.17) is 13.8 Å². The Morgan fingerprint density at radius 3 is 1.09 bits per heavy atom.